The maximum Gasteiger partial charge on any atom is 0.1000 e. The Labute approximate surface area is 140 Å². The smallest absolute Gasteiger partial charge is 0.1000 e. The van der Waals surface area contributed by atoms with E-state index in [4.69, 9.17) is 4.98 Å². The van der Waals surface area contributed by atoms with Crippen molar-refractivity contribution in [2.24, 2.45) is 5.92 Å². The lowest BCUT2D eigenvalue weighted by atomic mass is 9.68. The summed E-state index contributed by atoms with van der Waals surface area (Å²) >= 11 is 1.95. The molecule has 2 aromatic rings. The Hall–Kier alpha value is -0.890. The topological polar surface area (TPSA) is 12.9 Å². The summed E-state index contributed by atoms with van der Waals surface area (Å²) in [6.07, 6.45) is 10.8. The van der Waals surface area contributed by atoms with E-state index in [1.54, 1.807) is 0 Å². The molecule has 0 radical (unpaired) electrons. The van der Waals surface area contributed by atoms with Gasteiger partial charge in [-0.25, -0.2) is 4.98 Å². The number of hydrogen-bond acceptors (Lipinski definition) is 2. The molecule has 2 heteroatoms. The van der Waals surface area contributed by atoms with Crippen LogP contribution in [0.1, 0.15) is 77.6 Å². The highest BCUT2D eigenvalue weighted by Gasteiger charge is 2.38. The van der Waals surface area contributed by atoms with Gasteiger partial charge in [0, 0.05) is 5.41 Å². The highest BCUT2D eigenvalue weighted by molar-refractivity contribution is 7.18. The van der Waals surface area contributed by atoms with Crippen molar-refractivity contribution in [2.45, 2.75) is 78.1 Å². The number of thiazole rings is 1. The van der Waals surface area contributed by atoms with Crippen LogP contribution in [0.3, 0.4) is 0 Å². The molecule has 1 aliphatic rings. The first-order chi connectivity index (χ1) is 10.3. The number of aromatic nitrogens is 1. The van der Waals surface area contributed by atoms with Crippen LogP contribution in [-0.2, 0) is 5.41 Å². The van der Waals surface area contributed by atoms with Gasteiger partial charge in [-0.3, -0.25) is 0 Å². The van der Waals surface area contributed by atoms with E-state index in [1.165, 1.54) is 66.6 Å². The Kier molecular flexibility index (Phi) is 6.02. The molecule has 1 aromatic carbocycles. The molecule has 1 nitrogen and oxygen atoms in total. The summed E-state index contributed by atoms with van der Waals surface area (Å²) in [6, 6.07) is 8.64. The van der Waals surface area contributed by atoms with Gasteiger partial charge in [-0.1, -0.05) is 65.5 Å². The van der Waals surface area contributed by atoms with Crippen LogP contribution in [0.15, 0.2) is 24.3 Å². The monoisotopic (exact) mass is 317 g/mol. The maximum absolute atomic E-state index is 5.05. The van der Waals surface area contributed by atoms with Gasteiger partial charge in [0.1, 0.15) is 0 Å². The van der Waals surface area contributed by atoms with Crippen LogP contribution in [0.4, 0.5) is 0 Å². The Morgan fingerprint density at radius 2 is 1.77 bits per heavy atom. The van der Waals surface area contributed by atoms with Crippen LogP contribution in [0, 0.1) is 5.92 Å². The second-order valence-corrected chi connectivity index (χ2v) is 7.75. The summed E-state index contributed by atoms with van der Waals surface area (Å²) in [7, 11) is 0. The minimum absolute atomic E-state index is 0. The van der Waals surface area contributed by atoms with E-state index in [1.807, 2.05) is 11.3 Å². The van der Waals surface area contributed by atoms with Crippen LogP contribution in [0.5, 0.6) is 0 Å². The number of fused-ring (bicyclic) bond motifs is 1. The second-order valence-electron chi connectivity index (χ2n) is 6.71. The van der Waals surface area contributed by atoms with Crippen molar-refractivity contribution < 1.29 is 0 Å². The second kappa shape index (κ2) is 7.59. The average Bonchev–Trinajstić information content (AvgIpc) is 2.98. The van der Waals surface area contributed by atoms with Crippen LogP contribution in [0.2, 0.25) is 0 Å². The van der Waals surface area contributed by atoms with Crippen LogP contribution in [-0.4, -0.2) is 4.98 Å². The molecular weight excluding hydrogens is 286 g/mol. The molecule has 122 valence electrons. The van der Waals surface area contributed by atoms with Gasteiger partial charge in [0.15, 0.2) is 0 Å². The van der Waals surface area contributed by atoms with Gasteiger partial charge in [-0.2, -0.15) is 0 Å². The Morgan fingerprint density at radius 1 is 1.09 bits per heavy atom. The molecule has 0 unspecified atom stereocenters. The van der Waals surface area contributed by atoms with Crippen LogP contribution in [0.25, 0.3) is 10.2 Å². The molecule has 1 saturated carbocycles. The molecular formula is C20H31NS. The first kappa shape index (κ1) is 17.5. The van der Waals surface area contributed by atoms with Crippen molar-refractivity contribution in [3.05, 3.63) is 29.3 Å². The van der Waals surface area contributed by atoms with E-state index in [0.717, 1.165) is 5.92 Å². The quantitative estimate of drug-likeness (QED) is 0.580. The Balaban J connectivity index is 0.00000176. The van der Waals surface area contributed by atoms with E-state index in [9.17, 15) is 0 Å². The van der Waals surface area contributed by atoms with E-state index < -0.39 is 0 Å². The van der Waals surface area contributed by atoms with Gasteiger partial charge in [0.05, 0.1) is 15.2 Å². The summed E-state index contributed by atoms with van der Waals surface area (Å²) in [5.41, 5.74) is 1.57. The minimum Gasteiger partial charge on any atom is -0.241 e. The van der Waals surface area contributed by atoms with Crippen molar-refractivity contribution in [1.82, 2.24) is 4.98 Å². The largest absolute Gasteiger partial charge is 0.241 e. The normalized spacial score (nSPS) is 17.6. The lowest BCUT2D eigenvalue weighted by molar-refractivity contribution is 0.225. The molecule has 3 rings (SSSR count). The van der Waals surface area contributed by atoms with Crippen LogP contribution < -0.4 is 0 Å². The fourth-order valence-electron chi connectivity index (χ4n) is 3.96. The molecule has 1 aromatic heterocycles. The van der Waals surface area contributed by atoms with Crippen molar-refractivity contribution in [3.63, 3.8) is 0 Å². The number of para-hydroxylation sites is 1. The van der Waals surface area contributed by atoms with Crippen molar-refractivity contribution >= 4 is 21.6 Å². The summed E-state index contributed by atoms with van der Waals surface area (Å²) in [4.78, 5) is 5.05. The standard InChI is InChI=1S/C19H27NS.CH4/c1-3-15(4-2)14-19(12-8-5-9-13-19)18-20-16-10-6-7-11-17(16)21-18;/h6-7,10-11,15H,3-5,8-9,12-14H2,1-2H3;1H4. The summed E-state index contributed by atoms with van der Waals surface area (Å²) in [6.45, 7) is 4.70. The average molecular weight is 318 g/mol. The fourth-order valence-corrected chi connectivity index (χ4v) is 5.18. The van der Waals surface area contributed by atoms with Gasteiger partial charge in [0.25, 0.3) is 0 Å². The third-order valence-electron chi connectivity index (χ3n) is 5.39. The third-order valence-corrected chi connectivity index (χ3v) is 6.68. The molecule has 0 bridgehead atoms. The van der Waals surface area contributed by atoms with E-state index in [0.29, 0.717) is 5.41 Å². The first-order valence-corrected chi connectivity index (χ1v) is 9.45. The zero-order valence-electron chi connectivity index (χ0n) is 13.4. The van der Waals surface area contributed by atoms with E-state index in [-0.39, 0.29) is 7.43 Å². The number of nitrogens with zero attached hydrogens (tertiary/aromatic N) is 1. The minimum atomic E-state index is 0. The molecule has 0 N–H and O–H groups in total. The Morgan fingerprint density at radius 3 is 2.41 bits per heavy atom. The predicted molar refractivity (Wildman–Crippen MR) is 99.8 cm³/mol. The molecule has 0 amide bonds. The molecule has 0 saturated heterocycles. The Bertz CT molecular complexity index is 543. The van der Waals surface area contributed by atoms with Gasteiger partial charge >= 0.3 is 0 Å². The zero-order valence-corrected chi connectivity index (χ0v) is 14.2. The summed E-state index contributed by atoms with van der Waals surface area (Å²) in [5, 5.41) is 1.43. The van der Waals surface area contributed by atoms with Gasteiger partial charge < -0.3 is 0 Å². The molecule has 1 aliphatic carbocycles. The van der Waals surface area contributed by atoms with E-state index in [2.05, 4.69) is 38.1 Å². The van der Waals surface area contributed by atoms with Gasteiger partial charge in [-0.15, -0.1) is 11.3 Å². The highest BCUT2D eigenvalue weighted by atomic mass is 32.1. The molecule has 1 heterocycles. The predicted octanol–water partition coefficient (Wildman–Crippen LogP) is 6.96. The van der Waals surface area contributed by atoms with Crippen LogP contribution >= 0.6 is 11.3 Å². The first-order valence-electron chi connectivity index (χ1n) is 8.63. The lowest BCUT2D eigenvalue weighted by Crippen LogP contribution is -2.31. The molecule has 0 aliphatic heterocycles. The maximum atomic E-state index is 5.05. The zero-order chi connectivity index (χ0) is 14.7. The van der Waals surface area contributed by atoms with Gasteiger partial charge in [-0.05, 0) is 37.3 Å². The number of benzene rings is 1. The molecule has 1 fully saturated rings. The molecule has 0 spiro atoms. The van der Waals surface area contributed by atoms with Crippen molar-refractivity contribution in [3.8, 4) is 0 Å². The summed E-state index contributed by atoms with van der Waals surface area (Å²) < 4.78 is 1.36. The van der Waals surface area contributed by atoms with Crippen molar-refractivity contribution in [1.29, 1.82) is 0 Å². The fraction of sp³-hybridized carbons (Fsp3) is 0.650. The van der Waals surface area contributed by atoms with Gasteiger partial charge in [0.2, 0.25) is 0 Å². The number of hydrogen-bond donors (Lipinski definition) is 0. The SMILES string of the molecule is C.CCC(CC)CC1(c2nc3ccccc3s2)CCCCC1. The molecule has 0 atom stereocenters. The van der Waals surface area contributed by atoms with Crippen molar-refractivity contribution in [2.75, 3.05) is 0 Å². The number of rotatable bonds is 5. The van der Waals surface area contributed by atoms with E-state index >= 15 is 0 Å². The molecule has 22 heavy (non-hydrogen) atoms. The third kappa shape index (κ3) is 3.37. The highest BCUT2D eigenvalue weighted by Crippen LogP contribution is 2.47. The summed E-state index contributed by atoms with van der Waals surface area (Å²) in [5.74, 6) is 0.857. The lowest BCUT2D eigenvalue weighted by Gasteiger charge is -2.38.